The number of benzene rings is 1. The molecule has 104 valence electrons. The minimum Gasteiger partial charge on any atom is -0.482 e. The summed E-state index contributed by atoms with van der Waals surface area (Å²) in [7, 11) is 0. The smallest absolute Gasteiger partial charge is 0.341 e. The predicted octanol–water partition coefficient (Wildman–Crippen LogP) is 0.803. The van der Waals surface area contributed by atoms with Gasteiger partial charge in [0, 0.05) is 13.2 Å². The molecule has 0 aliphatic carbocycles. The van der Waals surface area contributed by atoms with Gasteiger partial charge < -0.3 is 19.9 Å². The zero-order valence-corrected chi connectivity index (χ0v) is 10.7. The number of carbonyl (C=O) groups is 2. The number of carbonyl (C=O) groups excluding carboxylic acids is 1. The van der Waals surface area contributed by atoms with E-state index in [1.165, 1.54) is 0 Å². The Hall–Kier alpha value is -2.08. The summed E-state index contributed by atoms with van der Waals surface area (Å²) in [5.74, 6) is -0.770. The molecule has 6 nitrogen and oxygen atoms in total. The van der Waals surface area contributed by atoms with E-state index in [2.05, 4.69) is 5.32 Å². The number of rotatable bonds is 8. The van der Waals surface area contributed by atoms with Crippen LogP contribution in [0.2, 0.25) is 0 Å². The number of amides is 1. The third-order valence-corrected chi connectivity index (χ3v) is 2.19. The number of aliphatic carboxylic acids is 1. The summed E-state index contributed by atoms with van der Waals surface area (Å²) in [5.41, 5.74) is 0.827. The van der Waals surface area contributed by atoms with Crippen molar-refractivity contribution < 1.29 is 24.2 Å². The highest BCUT2D eigenvalue weighted by molar-refractivity contribution is 5.77. The minimum atomic E-state index is -1.03. The molecule has 19 heavy (non-hydrogen) atoms. The van der Waals surface area contributed by atoms with Gasteiger partial charge >= 0.3 is 5.97 Å². The highest BCUT2D eigenvalue weighted by atomic mass is 16.5. The summed E-state index contributed by atoms with van der Waals surface area (Å²) in [6, 6.07) is 6.90. The van der Waals surface area contributed by atoms with Crippen molar-refractivity contribution in [3.05, 3.63) is 29.8 Å². The van der Waals surface area contributed by atoms with Crippen molar-refractivity contribution in [2.24, 2.45) is 0 Å². The van der Waals surface area contributed by atoms with Gasteiger partial charge in [0.15, 0.2) is 6.61 Å². The van der Waals surface area contributed by atoms with Crippen LogP contribution in [0, 0.1) is 0 Å². The molecule has 0 radical (unpaired) electrons. The summed E-state index contributed by atoms with van der Waals surface area (Å²) < 4.78 is 10.0. The third-order valence-electron chi connectivity index (χ3n) is 2.19. The number of ether oxygens (including phenoxy) is 2. The second-order valence-electron chi connectivity index (χ2n) is 3.74. The van der Waals surface area contributed by atoms with Crippen molar-refractivity contribution in [3.63, 3.8) is 0 Å². The quantitative estimate of drug-likeness (QED) is 0.728. The van der Waals surface area contributed by atoms with Crippen LogP contribution in [0.3, 0.4) is 0 Å². The van der Waals surface area contributed by atoms with Crippen molar-refractivity contribution in [1.29, 1.82) is 0 Å². The van der Waals surface area contributed by atoms with Crippen LogP contribution in [0.5, 0.6) is 5.75 Å². The molecule has 1 amide bonds. The Morgan fingerprint density at radius 1 is 1.32 bits per heavy atom. The molecule has 0 atom stereocenters. The molecule has 6 heteroatoms. The van der Waals surface area contributed by atoms with Crippen molar-refractivity contribution in [2.45, 2.75) is 13.5 Å². The van der Waals surface area contributed by atoms with E-state index in [4.69, 9.17) is 14.6 Å². The second-order valence-corrected chi connectivity index (χ2v) is 3.74. The first-order valence-corrected chi connectivity index (χ1v) is 5.89. The van der Waals surface area contributed by atoms with Crippen LogP contribution in [-0.2, 0) is 20.9 Å². The van der Waals surface area contributed by atoms with Gasteiger partial charge in [0.05, 0.1) is 0 Å². The van der Waals surface area contributed by atoms with Crippen LogP contribution in [-0.4, -0.2) is 36.8 Å². The lowest BCUT2D eigenvalue weighted by atomic mass is 10.2. The monoisotopic (exact) mass is 267 g/mol. The van der Waals surface area contributed by atoms with Crippen molar-refractivity contribution in [3.8, 4) is 5.75 Å². The van der Waals surface area contributed by atoms with Crippen LogP contribution in [0.15, 0.2) is 24.3 Å². The number of carboxylic acid groups (broad SMARTS) is 1. The normalized spacial score (nSPS) is 9.95. The van der Waals surface area contributed by atoms with Gasteiger partial charge in [0.1, 0.15) is 12.4 Å². The lowest BCUT2D eigenvalue weighted by Gasteiger charge is -2.08. The minimum absolute atomic E-state index is 0.0334. The average molecular weight is 267 g/mol. The fourth-order valence-corrected chi connectivity index (χ4v) is 1.34. The Kier molecular flexibility index (Phi) is 6.38. The summed E-state index contributed by atoms with van der Waals surface area (Å²) in [6.45, 7) is 2.30. The fraction of sp³-hybridized carbons (Fsp3) is 0.385. The van der Waals surface area contributed by atoms with E-state index in [1.54, 1.807) is 18.2 Å². The van der Waals surface area contributed by atoms with Crippen LogP contribution >= 0.6 is 0 Å². The molecule has 0 spiro atoms. The molecule has 2 N–H and O–H groups in total. The standard InChI is InChI=1S/C13H17NO5/c1-2-18-8-12(15)14-7-10-4-3-5-11(6-10)19-9-13(16)17/h3-6H,2,7-9H2,1H3,(H,14,15)(H,16,17). The molecule has 1 aromatic carbocycles. The Morgan fingerprint density at radius 2 is 2.11 bits per heavy atom. The average Bonchev–Trinajstić information content (AvgIpc) is 2.41. The lowest BCUT2D eigenvalue weighted by molar-refractivity contribution is -0.139. The summed E-state index contributed by atoms with van der Waals surface area (Å²) in [4.78, 5) is 21.7. The van der Waals surface area contributed by atoms with Crippen molar-refractivity contribution in [2.75, 3.05) is 19.8 Å². The molecule has 0 aliphatic heterocycles. The van der Waals surface area contributed by atoms with E-state index in [1.807, 2.05) is 13.0 Å². The molecule has 0 saturated carbocycles. The van der Waals surface area contributed by atoms with Crippen LogP contribution in [0.1, 0.15) is 12.5 Å². The SMILES string of the molecule is CCOCC(=O)NCc1cccc(OCC(=O)O)c1. The molecule has 1 aromatic rings. The Labute approximate surface area is 111 Å². The Balaban J connectivity index is 2.43. The largest absolute Gasteiger partial charge is 0.482 e. The maximum atomic E-state index is 11.3. The number of carboxylic acids is 1. The number of hydrogen-bond acceptors (Lipinski definition) is 4. The fourth-order valence-electron chi connectivity index (χ4n) is 1.34. The van der Waals surface area contributed by atoms with E-state index in [-0.39, 0.29) is 19.1 Å². The molecule has 0 heterocycles. The van der Waals surface area contributed by atoms with E-state index in [9.17, 15) is 9.59 Å². The van der Waals surface area contributed by atoms with Gasteiger partial charge in [-0.25, -0.2) is 4.79 Å². The molecule has 0 bridgehead atoms. The lowest BCUT2D eigenvalue weighted by Crippen LogP contribution is -2.27. The van der Waals surface area contributed by atoms with Crippen LogP contribution in [0.4, 0.5) is 0 Å². The molecule has 0 fully saturated rings. The molecule has 1 rings (SSSR count). The van der Waals surface area contributed by atoms with Crippen LogP contribution in [0.25, 0.3) is 0 Å². The molecule has 0 saturated heterocycles. The first-order chi connectivity index (χ1) is 9.11. The molecule has 0 aromatic heterocycles. The van der Waals surface area contributed by atoms with Gasteiger partial charge in [-0.15, -0.1) is 0 Å². The van der Waals surface area contributed by atoms with Gasteiger partial charge in [0.2, 0.25) is 5.91 Å². The predicted molar refractivity (Wildman–Crippen MR) is 67.9 cm³/mol. The second kappa shape index (κ2) is 8.10. The summed E-state index contributed by atoms with van der Waals surface area (Å²) >= 11 is 0. The highest BCUT2D eigenvalue weighted by Gasteiger charge is 2.03. The maximum absolute atomic E-state index is 11.3. The van der Waals surface area contributed by atoms with Gasteiger partial charge in [-0.3, -0.25) is 4.79 Å². The molecular formula is C13H17NO5. The first-order valence-electron chi connectivity index (χ1n) is 5.89. The van der Waals surface area contributed by atoms with Gasteiger partial charge in [-0.1, -0.05) is 12.1 Å². The number of hydrogen-bond donors (Lipinski definition) is 2. The van der Waals surface area contributed by atoms with Crippen molar-refractivity contribution >= 4 is 11.9 Å². The zero-order chi connectivity index (χ0) is 14.1. The maximum Gasteiger partial charge on any atom is 0.341 e. The van der Waals surface area contributed by atoms with E-state index < -0.39 is 5.97 Å². The Bertz CT molecular complexity index is 433. The van der Waals surface area contributed by atoms with Gasteiger partial charge in [0.25, 0.3) is 0 Å². The highest BCUT2D eigenvalue weighted by Crippen LogP contribution is 2.13. The topological polar surface area (TPSA) is 84.9 Å². The molecule has 0 aliphatic rings. The Morgan fingerprint density at radius 3 is 2.79 bits per heavy atom. The molecular weight excluding hydrogens is 250 g/mol. The first kappa shape index (κ1) is 15.0. The van der Waals surface area contributed by atoms with Crippen LogP contribution < -0.4 is 10.1 Å². The van der Waals surface area contributed by atoms with E-state index >= 15 is 0 Å². The van der Waals surface area contributed by atoms with Gasteiger partial charge in [-0.2, -0.15) is 0 Å². The number of nitrogens with one attached hydrogen (secondary N) is 1. The third kappa shape index (κ3) is 6.42. The summed E-state index contributed by atoms with van der Waals surface area (Å²) in [5, 5.41) is 11.2. The van der Waals surface area contributed by atoms with E-state index in [0.29, 0.717) is 18.9 Å². The van der Waals surface area contributed by atoms with Crippen molar-refractivity contribution in [1.82, 2.24) is 5.32 Å². The van der Waals surface area contributed by atoms with Gasteiger partial charge in [-0.05, 0) is 24.6 Å². The summed E-state index contributed by atoms with van der Waals surface area (Å²) in [6.07, 6.45) is 0. The van der Waals surface area contributed by atoms with E-state index in [0.717, 1.165) is 5.56 Å². The molecule has 0 unspecified atom stereocenters. The zero-order valence-electron chi connectivity index (χ0n) is 10.7.